The normalized spacial score (nSPS) is 10.9. The van der Waals surface area contributed by atoms with E-state index >= 15 is 0 Å². The minimum Gasteiger partial charge on any atom is -0.456 e. The highest BCUT2D eigenvalue weighted by molar-refractivity contribution is 6.02. The van der Waals surface area contributed by atoms with Gasteiger partial charge in [0.25, 0.3) is 5.56 Å². The largest absolute Gasteiger partial charge is 0.456 e. The molecule has 2 heterocycles. The van der Waals surface area contributed by atoms with Crippen LogP contribution in [-0.4, -0.2) is 25.5 Å². The number of hydrogen-bond donors (Lipinski definition) is 0. The third kappa shape index (κ3) is 3.22. The summed E-state index contributed by atoms with van der Waals surface area (Å²) in [7, 11) is 1.51. The Morgan fingerprint density at radius 3 is 2.48 bits per heavy atom. The Balaban J connectivity index is 1.54. The van der Waals surface area contributed by atoms with Gasteiger partial charge in [0.05, 0.1) is 11.1 Å². The molecular weight excluding hydrogens is 344 g/mol. The molecule has 2 aromatic heterocycles. The number of fused-ring (bicyclic) bond motifs is 1. The molecule has 0 spiro atoms. The first kappa shape index (κ1) is 16.7. The van der Waals surface area contributed by atoms with Crippen molar-refractivity contribution < 1.29 is 9.53 Å². The van der Waals surface area contributed by atoms with Gasteiger partial charge in [-0.25, -0.2) is 14.2 Å². The molecular formula is C20H16N4O3. The van der Waals surface area contributed by atoms with Gasteiger partial charge in [-0.05, 0) is 29.8 Å². The SMILES string of the molecule is Cn1nc(C(=O)OCc2ccc(-n3cccn3)cc2)c2ccccc2c1=O. The maximum absolute atomic E-state index is 12.5. The van der Waals surface area contributed by atoms with Gasteiger partial charge >= 0.3 is 5.97 Å². The van der Waals surface area contributed by atoms with Gasteiger partial charge in [-0.2, -0.15) is 10.2 Å². The maximum atomic E-state index is 12.5. The van der Waals surface area contributed by atoms with Crippen LogP contribution in [0, 0.1) is 0 Å². The van der Waals surface area contributed by atoms with Crippen LogP contribution in [0.2, 0.25) is 0 Å². The summed E-state index contributed by atoms with van der Waals surface area (Å²) in [6.45, 7) is 0.108. The van der Waals surface area contributed by atoms with Crippen LogP contribution in [0.5, 0.6) is 0 Å². The van der Waals surface area contributed by atoms with Crippen LogP contribution < -0.4 is 5.56 Å². The number of esters is 1. The number of benzene rings is 2. The lowest BCUT2D eigenvalue weighted by molar-refractivity contribution is 0.0465. The lowest BCUT2D eigenvalue weighted by Gasteiger charge is -2.09. The second-order valence-electron chi connectivity index (χ2n) is 6.02. The molecule has 0 aliphatic rings. The van der Waals surface area contributed by atoms with Crippen molar-refractivity contribution in [3.05, 3.63) is 88.6 Å². The molecule has 0 atom stereocenters. The van der Waals surface area contributed by atoms with Crippen LogP contribution in [0.15, 0.2) is 71.8 Å². The summed E-state index contributed by atoms with van der Waals surface area (Å²) < 4.78 is 8.31. The van der Waals surface area contributed by atoms with E-state index in [0.29, 0.717) is 10.8 Å². The molecule has 134 valence electrons. The summed E-state index contributed by atoms with van der Waals surface area (Å²) in [6, 6.07) is 16.3. The van der Waals surface area contributed by atoms with Crippen LogP contribution in [0.1, 0.15) is 16.1 Å². The molecule has 27 heavy (non-hydrogen) atoms. The molecule has 7 nitrogen and oxygen atoms in total. The van der Waals surface area contributed by atoms with Gasteiger partial charge in [0.15, 0.2) is 5.69 Å². The zero-order chi connectivity index (χ0) is 18.8. The number of carbonyl (C=O) groups excluding carboxylic acids is 1. The summed E-state index contributed by atoms with van der Waals surface area (Å²) in [5.41, 5.74) is 1.63. The predicted molar refractivity (Wildman–Crippen MR) is 99.7 cm³/mol. The lowest BCUT2D eigenvalue weighted by atomic mass is 10.1. The highest BCUT2D eigenvalue weighted by atomic mass is 16.5. The van der Waals surface area contributed by atoms with Crippen LogP contribution in [0.25, 0.3) is 16.5 Å². The fourth-order valence-electron chi connectivity index (χ4n) is 2.83. The van der Waals surface area contributed by atoms with Gasteiger partial charge in [-0.1, -0.05) is 30.3 Å². The summed E-state index contributed by atoms with van der Waals surface area (Å²) in [5.74, 6) is -0.571. The maximum Gasteiger partial charge on any atom is 0.359 e. The molecule has 0 bridgehead atoms. The number of nitrogens with zero attached hydrogens (tertiary/aromatic N) is 4. The molecule has 0 saturated carbocycles. The molecule has 0 radical (unpaired) electrons. The van der Waals surface area contributed by atoms with Crippen LogP contribution in [0.3, 0.4) is 0 Å². The molecule has 0 aliphatic heterocycles. The highest BCUT2D eigenvalue weighted by Crippen LogP contribution is 2.15. The van der Waals surface area contributed by atoms with Crippen LogP contribution in [-0.2, 0) is 18.4 Å². The number of carbonyl (C=O) groups is 1. The van der Waals surface area contributed by atoms with E-state index in [1.807, 2.05) is 36.5 Å². The summed E-state index contributed by atoms with van der Waals surface area (Å²) in [6.07, 6.45) is 3.56. The second-order valence-corrected chi connectivity index (χ2v) is 6.02. The Bertz CT molecular complexity index is 1160. The summed E-state index contributed by atoms with van der Waals surface area (Å²) in [4.78, 5) is 24.7. The number of rotatable bonds is 4. The van der Waals surface area contributed by atoms with Crippen LogP contribution in [0.4, 0.5) is 0 Å². The van der Waals surface area contributed by atoms with Crippen molar-refractivity contribution in [2.75, 3.05) is 0 Å². The first-order valence-corrected chi connectivity index (χ1v) is 8.35. The Morgan fingerprint density at radius 2 is 1.78 bits per heavy atom. The Hall–Kier alpha value is -3.74. The van der Waals surface area contributed by atoms with E-state index in [-0.39, 0.29) is 17.9 Å². The molecule has 0 fully saturated rings. The van der Waals surface area contributed by atoms with Gasteiger partial charge in [0.1, 0.15) is 6.61 Å². The first-order valence-electron chi connectivity index (χ1n) is 8.35. The molecule has 7 heteroatoms. The van der Waals surface area contributed by atoms with Gasteiger partial charge in [0, 0.05) is 24.8 Å². The molecule has 0 saturated heterocycles. The number of hydrogen-bond acceptors (Lipinski definition) is 5. The molecule has 4 aromatic rings. The summed E-state index contributed by atoms with van der Waals surface area (Å²) in [5, 5.41) is 9.17. The number of aromatic nitrogens is 4. The highest BCUT2D eigenvalue weighted by Gasteiger charge is 2.17. The third-order valence-corrected chi connectivity index (χ3v) is 4.23. The van der Waals surface area contributed by atoms with E-state index in [2.05, 4.69) is 10.2 Å². The first-order chi connectivity index (χ1) is 13.1. The smallest absolute Gasteiger partial charge is 0.359 e. The quantitative estimate of drug-likeness (QED) is 0.523. The molecule has 0 unspecified atom stereocenters. The van der Waals surface area contributed by atoms with Crippen molar-refractivity contribution in [3.8, 4) is 5.69 Å². The molecule has 0 N–H and O–H groups in total. The molecule has 4 rings (SSSR count). The predicted octanol–water partition coefficient (Wildman–Crippen LogP) is 2.48. The van der Waals surface area contributed by atoms with E-state index in [0.717, 1.165) is 15.9 Å². The van der Waals surface area contributed by atoms with Crippen molar-refractivity contribution in [1.82, 2.24) is 19.6 Å². The Labute approximate surface area is 154 Å². The van der Waals surface area contributed by atoms with E-state index in [1.165, 1.54) is 7.05 Å². The van der Waals surface area contributed by atoms with Crippen molar-refractivity contribution in [1.29, 1.82) is 0 Å². The molecule has 0 aliphatic carbocycles. The fraction of sp³-hybridized carbons (Fsp3) is 0.100. The third-order valence-electron chi connectivity index (χ3n) is 4.23. The monoisotopic (exact) mass is 360 g/mol. The number of ether oxygens (including phenoxy) is 1. The van der Waals surface area contributed by atoms with E-state index in [1.54, 1.807) is 35.1 Å². The van der Waals surface area contributed by atoms with Gasteiger partial charge in [-0.15, -0.1) is 0 Å². The van der Waals surface area contributed by atoms with Gasteiger partial charge in [0.2, 0.25) is 0 Å². The van der Waals surface area contributed by atoms with E-state index in [4.69, 9.17) is 4.74 Å². The van der Waals surface area contributed by atoms with Gasteiger partial charge < -0.3 is 4.74 Å². The minimum absolute atomic E-state index is 0.108. The summed E-state index contributed by atoms with van der Waals surface area (Å²) >= 11 is 0. The molecule has 0 amide bonds. The van der Waals surface area contributed by atoms with Crippen molar-refractivity contribution in [2.45, 2.75) is 6.61 Å². The topological polar surface area (TPSA) is 79.0 Å². The average Bonchev–Trinajstić information content (AvgIpc) is 3.24. The van der Waals surface area contributed by atoms with Gasteiger partial charge in [-0.3, -0.25) is 4.79 Å². The molecule has 2 aromatic carbocycles. The standard InChI is InChI=1S/C20H16N4O3/c1-23-19(25)17-6-3-2-5-16(17)18(22-23)20(26)27-13-14-7-9-15(10-8-14)24-12-4-11-21-24/h2-12H,13H2,1H3. The zero-order valence-electron chi connectivity index (χ0n) is 14.6. The Morgan fingerprint density at radius 1 is 1.04 bits per heavy atom. The van der Waals surface area contributed by atoms with E-state index < -0.39 is 5.97 Å². The average molecular weight is 360 g/mol. The fourth-order valence-corrected chi connectivity index (χ4v) is 2.83. The van der Waals surface area contributed by atoms with Crippen molar-refractivity contribution >= 4 is 16.7 Å². The van der Waals surface area contributed by atoms with Crippen molar-refractivity contribution in [2.24, 2.45) is 7.05 Å². The Kier molecular flexibility index (Phi) is 4.25. The van der Waals surface area contributed by atoms with E-state index in [9.17, 15) is 9.59 Å². The zero-order valence-corrected chi connectivity index (χ0v) is 14.6. The van der Waals surface area contributed by atoms with Crippen LogP contribution >= 0.6 is 0 Å². The second kappa shape index (κ2) is 6.87. The van der Waals surface area contributed by atoms with Crippen molar-refractivity contribution in [3.63, 3.8) is 0 Å². The lowest BCUT2D eigenvalue weighted by Crippen LogP contribution is -2.23. The minimum atomic E-state index is -0.571. The number of aryl methyl sites for hydroxylation is 1.